The van der Waals surface area contributed by atoms with Gasteiger partial charge in [0.2, 0.25) is 0 Å². The summed E-state index contributed by atoms with van der Waals surface area (Å²) in [5, 5.41) is 0. The first-order chi connectivity index (χ1) is 9.46. The van der Waals surface area contributed by atoms with E-state index in [9.17, 15) is 4.79 Å². The molecule has 0 unspecified atom stereocenters. The number of benzene rings is 1. The molecule has 0 saturated heterocycles. The number of hydrogen-bond donors (Lipinski definition) is 0. The minimum atomic E-state index is -0.465. The van der Waals surface area contributed by atoms with Gasteiger partial charge < -0.3 is 9.15 Å². The third-order valence-electron chi connectivity index (χ3n) is 3.03. The van der Waals surface area contributed by atoms with E-state index in [0.29, 0.717) is 12.3 Å². The van der Waals surface area contributed by atoms with Gasteiger partial charge in [0.25, 0.3) is 5.91 Å². The van der Waals surface area contributed by atoms with Crippen molar-refractivity contribution in [3.05, 3.63) is 41.0 Å². The third kappa shape index (κ3) is 2.31. The van der Waals surface area contributed by atoms with E-state index in [4.69, 9.17) is 9.15 Å². The van der Waals surface area contributed by atoms with E-state index in [-0.39, 0.29) is 11.6 Å². The van der Waals surface area contributed by atoms with Crippen molar-refractivity contribution < 1.29 is 13.9 Å². The molecule has 20 heavy (non-hydrogen) atoms. The van der Waals surface area contributed by atoms with Crippen LogP contribution in [0.25, 0.3) is 0 Å². The number of nitrogens with zero attached hydrogens (tertiary/aromatic N) is 2. The molecule has 2 heterocycles. The van der Waals surface area contributed by atoms with Crippen LogP contribution in [-0.4, -0.2) is 23.0 Å². The molecule has 0 saturated carbocycles. The third-order valence-corrected chi connectivity index (χ3v) is 3.53. The number of anilines is 1. The van der Waals surface area contributed by atoms with Gasteiger partial charge in [-0.3, -0.25) is 9.69 Å². The second-order valence-electron chi connectivity index (χ2n) is 5.24. The summed E-state index contributed by atoms with van der Waals surface area (Å²) in [7, 11) is 0. The Balaban J connectivity index is 2.05. The molecule has 2 aromatic rings. The second kappa shape index (κ2) is 4.63. The van der Waals surface area contributed by atoms with Crippen molar-refractivity contribution >= 4 is 27.5 Å². The molecule has 1 aromatic heterocycles. The predicted octanol–water partition coefficient (Wildman–Crippen LogP) is 3.25. The largest absolute Gasteiger partial charge is 0.484 e. The molecule has 0 fully saturated rings. The number of carbonyl (C=O) groups excluding carboxylic acids is 1. The van der Waals surface area contributed by atoms with Gasteiger partial charge in [0.15, 0.2) is 12.1 Å². The summed E-state index contributed by atoms with van der Waals surface area (Å²) in [5.74, 6) is 0.478. The van der Waals surface area contributed by atoms with E-state index in [0.717, 1.165) is 10.2 Å². The van der Waals surface area contributed by atoms with Crippen molar-refractivity contribution in [3.8, 4) is 5.75 Å². The first-order valence-corrected chi connectivity index (χ1v) is 6.94. The van der Waals surface area contributed by atoms with Crippen molar-refractivity contribution in [2.75, 3.05) is 11.4 Å². The molecule has 104 valence electrons. The molecule has 0 N–H and O–H groups in total. The van der Waals surface area contributed by atoms with Gasteiger partial charge >= 0.3 is 0 Å². The van der Waals surface area contributed by atoms with E-state index in [1.165, 1.54) is 12.7 Å². The zero-order chi connectivity index (χ0) is 14.3. The lowest BCUT2D eigenvalue weighted by atomic mass is 10.0. The zero-order valence-corrected chi connectivity index (χ0v) is 12.7. The molecule has 1 aliphatic heterocycles. The van der Waals surface area contributed by atoms with Crippen LogP contribution in [0.1, 0.15) is 24.3 Å². The summed E-state index contributed by atoms with van der Waals surface area (Å²) < 4.78 is 11.7. The van der Waals surface area contributed by atoms with E-state index < -0.39 is 5.60 Å². The lowest BCUT2D eigenvalue weighted by Crippen LogP contribution is -2.49. The number of aromatic nitrogens is 1. The average molecular weight is 337 g/mol. The zero-order valence-electron chi connectivity index (χ0n) is 11.1. The normalized spacial score (nSPS) is 16.4. The second-order valence-corrected chi connectivity index (χ2v) is 6.15. The van der Waals surface area contributed by atoms with Crippen LogP contribution in [0.3, 0.4) is 0 Å². The van der Waals surface area contributed by atoms with Crippen LogP contribution in [0.2, 0.25) is 0 Å². The maximum Gasteiger partial charge on any atom is 0.280 e. The van der Waals surface area contributed by atoms with Crippen molar-refractivity contribution in [1.82, 2.24) is 4.98 Å². The van der Waals surface area contributed by atoms with Gasteiger partial charge in [-0.1, -0.05) is 15.9 Å². The van der Waals surface area contributed by atoms with Crippen molar-refractivity contribution in [2.24, 2.45) is 0 Å². The Hall–Kier alpha value is -1.82. The van der Waals surface area contributed by atoms with Crippen molar-refractivity contribution in [1.29, 1.82) is 0 Å². The smallest absolute Gasteiger partial charge is 0.280 e. The number of fused-ring (bicyclic) bond motifs is 1. The number of amides is 1. The number of hydrogen-bond acceptors (Lipinski definition) is 4. The topological polar surface area (TPSA) is 55.6 Å². The number of rotatable bonds is 1. The van der Waals surface area contributed by atoms with Crippen LogP contribution in [0.15, 0.2) is 39.7 Å². The van der Waals surface area contributed by atoms with E-state index in [1.807, 2.05) is 32.0 Å². The Morgan fingerprint density at radius 1 is 1.45 bits per heavy atom. The molecule has 0 bridgehead atoms. The van der Waals surface area contributed by atoms with Crippen LogP contribution in [0, 0.1) is 0 Å². The minimum absolute atomic E-state index is 0.196. The lowest BCUT2D eigenvalue weighted by molar-refractivity contribution is 0.0833. The van der Waals surface area contributed by atoms with Crippen LogP contribution < -0.4 is 9.64 Å². The lowest BCUT2D eigenvalue weighted by Gasteiger charge is -2.39. The number of carbonyl (C=O) groups is 1. The summed E-state index contributed by atoms with van der Waals surface area (Å²) in [5.41, 5.74) is 0.560. The number of oxazole rings is 1. The monoisotopic (exact) mass is 336 g/mol. The molecule has 0 radical (unpaired) electrons. The maximum absolute atomic E-state index is 12.5. The molecule has 6 heteroatoms. The molecular weight excluding hydrogens is 324 g/mol. The number of halogens is 1. The summed E-state index contributed by atoms with van der Waals surface area (Å²) in [6, 6.07) is 5.59. The summed E-state index contributed by atoms with van der Waals surface area (Å²) in [6.45, 7) is 4.34. The quantitative estimate of drug-likeness (QED) is 0.802. The number of ether oxygens (including phenoxy) is 1. The Kier molecular flexibility index (Phi) is 3.05. The molecular formula is C14H13BrN2O3. The van der Waals surface area contributed by atoms with E-state index >= 15 is 0 Å². The fourth-order valence-corrected chi connectivity index (χ4v) is 2.57. The van der Waals surface area contributed by atoms with Crippen molar-refractivity contribution in [2.45, 2.75) is 19.4 Å². The molecule has 1 aliphatic rings. The van der Waals surface area contributed by atoms with Crippen LogP contribution in [0.4, 0.5) is 5.69 Å². The van der Waals surface area contributed by atoms with E-state index in [2.05, 4.69) is 20.9 Å². The highest BCUT2D eigenvalue weighted by Crippen LogP contribution is 2.39. The molecule has 0 atom stereocenters. The van der Waals surface area contributed by atoms with Gasteiger partial charge in [-0.15, -0.1) is 0 Å². The highest BCUT2D eigenvalue weighted by atomic mass is 79.9. The van der Waals surface area contributed by atoms with Crippen LogP contribution in [0.5, 0.6) is 5.75 Å². The fourth-order valence-electron chi connectivity index (χ4n) is 2.23. The molecule has 1 aromatic carbocycles. The fraction of sp³-hybridized carbons (Fsp3) is 0.286. The van der Waals surface area contributed by atoms with Crippen LogP contribution >= 0.6 is 15.9 Å². The molecule has 0 spiro atoms. The average Bonchev–Trinajstić information content (AvgIpc) is 2.89. The maximum atomic E-state index is 12.5. The Morgan fingerprint density at radius 3 is 2.95 bits per heavy atom. The summed E-state index contributed by atoms with van der Waals surface area (Å²) in [6.07, 6.45) is 2.60. The van der Waals surface area contributed by atoms with Gasteiger partial charge in [0.1, 0.15) is 17.6 Å². The Bertz CT molecular complexity index is 652. The van der Waals surface area contributed by atoms with Gasteiger partial charge in [-0.2, -0.15) is 0 Å². The molecule has 0 aliphatic carbocycles. The Morgan fingerprint density at radius 2 is 2.25 bits per heavy atom. The van der Waals surface area contributed by atoms with Gasteiger partial charge in [0, 0.05) is 4.47 Å². The predicted molar refractivity (Wildman–Crippen MR) is 77.0 cm³/mol. The van der Waals surface area contributed by atoms with Gasteiger partial charge in [-0.25, -0.2) is 4.98 Å². The highest BCUT2D eigenvalue weighted by molar-refractivity contribution is 9.10. The standard InChI is InChI=1S/C14H13BrN2O3/c1-14(2)7-17(13(18)10-6-19-8-16-10)11-4-3-9(15)5-12(11)20-14/h3-6,8H,7H2,1-2H3. The first-order valence-electron chi connectivity index (χ1n) is 6.15. The minimum Gasteiger partial charge on any atom is -0.484 e. The first kappa shape index (κ1) is 13.2. The van der Waals surface area contributed by atoms with Gasteiger partial charge in [-0.05, 0) is 32.0 Å². The van der Waals surface area contributed by atoms with Gasteiger partial charge in [0.05, 0.1) is 12.2 Å². The molecule has 3 rings (SSSR count). The van der Waals surface area contributed by atoms with Crippen LogP contribution in [-0.2, 0) is 0 Å². The summed E-state index contributed by atoms with van der Waals surface area (Å²) >= 11 is 3.41. The van der Waals surface area contributed by atoms with Crippen molar-refractivity contribution in [3.63, 3.8) is 0 Å². The molecule has 5 nitrogen and oxygen atoms in total. The Labute approximate surface area is 124 Å². The SMILES string of the molecule is CC1(C)CN(C(=O)c2cocn2)c2ccc(Br)cc2O1. The molecule has 1 amide bonds. The highest BCUT2D eigenvalue weighted by Gasteiger charge is 2.36. The van der Waals surface area contributed by atoms with E-state index in [1.54, 1.807) is 4.90 Å². The summed E-state index contributed by atoms with van der Waals surface area (Å²) in [4.78, 5) is 18.1.